The molecule has 1 fully saturated rings. The van der Waals surface area contributed by atoms with Gasteiger partial charge in [-0.3, -0.25) is 0 Å². The van der Waals surface area contributed by atoms with Crippen molar-refractivity contribution in [2.75, 3.05) is 11.1 Å². The highest BCUT2D eigenvalue weighted by Gasteiger charge is 2.21. The fourth-order valence-electron chi connectivity index (χ4n) is 1.90. The Morgan fingerprint density at radius 3 is 2.87 bits per heavy atom. The van der Waals surface area contributed by atoms with E-state index in [9.17, 15) is 5.11 Å². The van der Waals surface area contributed by atoms with Crippen LogP contribution >= 0.6 is 11.8 Å². The van der Waals surface area contributed by atoms with E-state index in [1.165, 1.54) is 12.2 Å². The molecule has 1 heterocycles. The molecule has 15 heavy (non-hydrogen) atoms. The maximum atomic E-state index is 9.41. The van der Waals surface area contributed by atoms with E-state index in [4.69, 9.17) is 0 Å². The van der Waals surface area contributed by atoms with Gasteiger partial charge in [-0.1, -0.05) is 6.92 Å². The first-order valence-electron chi connectivity index (χ1n) is 5.33. The maximum absolute atomic E-state index is 9.41. The lowest BCUT2D eigenvalue weighted by molar-refractivity contribution is 0.471. The summed E-state index contributed by atoms with van der Waals surface area (Å²) in [6.45, 7) is 4.20. The lowest BCUT2D eigenvalue weighted by atomic mass is 10.1. The van der Waals surface area contributed by atoms with Crippen molar-refractivity contribution in [2.45, 2.75) is 31.6 Å². The standard InChI is InChI=1S/C12H17NOS/c1-8-5-10(3-4-12(8)14)13-11-6-9(2)15-7-11/h3-5,9,11,13-14H,6-7H2,1-2H3. The molecular weight excluding hydrogens is 206 g/mol. The van der Waals surface area contributed by atoms with Crippen LogP contribution in [0.1, 0.15) is 18.9 Å². The lowest BCUT2D eigenvalue weighted by Crippen LogP contribution is -2.18. The highest BCUT2D eigenvalue weighted by Crippen LogP contribution is 2.29. The van der Waals surface area contributed by atoms with Gasteiger partial charge in [-0.15, -0.1) is 0 Å². The number of anilines is 1. The van der Waals surface area contributed by atoms with Gasteiger partial charge in [0.2, 0.25) is 0 Å². The number of phenols is 1. The van der Waals surface area contributed by atoms with Gasteiger partial charge in [-0.05, 0) is 37.1 Å². The van der Waals surface area contributed by atoms with E-state index in [0.717, 1.165) is 16.5 Å². The summed E-state index contributed by atoms with van der Waals surface area (Å²) in [6.07, 6.45) is 1.23. The molecule has 2 rings (SSSR count). The second kappa shape index (κ2) is 4.35. The summed E-state index contributed by atoms with van der Waals surface area (Å²) in [5, 5.41) is 13.7. The average molecular weight is 223 g/mol. The number of rotatable bonds is 2. The molecule has 2 unspecified atom stereocenters. The molecule has 0 spiro atoms. The fraction of sp³-hybridized carbons (Fsp3) is 0.500. The molecule has 3 heteroatoms. The number of benzene rings is 1. The van der Waals surface area contributed by atoms with E-state index in [0.29, 0.717) is 11.8 Å². The number of phenolic OH excluding ortho intramolecular Hbond substituents is 1. The van der Waals surface area contributed by atoms with Crippen molar-refractivity contribution in [3.8, 4) is 5.75 Å². The van der Waals surface area contributed by atoms with Crippen LogP contribution in [-0.4, -0.2) is 22.2 Å². The Hall–Kier alpha value is -0.830. The predicted molar refractivity (Wildman–Crippen MR) is 66.8 cm³/mol. The zero-order chi connectivity index (χ0) is 10.8. The highest BCUT2D eigenvalue weighted by atomic mass is 32.2. The van der Waals surface area contributed by atoms with E-state index in [-0.39, 0.29) is 0 Å². The predicted octanol–water partition coefficient (Wildman–Crippen LogP) is 3.01. The first kappa shape index (κ1) is 10.7. The van der Waals surface area contributed by atoms with Crippen molar-refractivity contribution < 1.29 is 5.11 Å². The SMILES string of the molecule is Cc1cc(NC2CSC(C)C2)ccc1O. The quantitative estimate of drug-likeness (QED) is 0.756. The van der Waals surface area contributed by atoms with E-state index in [2.05, 4.69) is 12.2 Å². The van der Waals surface area contributed by atoms with Crippen molar-refractivity contribution in [1.82, 2.24) is 0 Å². The topological polar surface area (TPSA) is 32.3 Å². The third kappa shape index (κ3) is 2.59. The Kier molecular flexibility index (Phi) is 3.10. The third-order valence-electron chi connectivity index (χ3n) is 2.77. The second-order valence-corrected chi connectivity index (χ2v) is 5.69. The van der Waals surface area contributed by atoms with Crippen LogP contribution in [0, 0.1) is 6.92 Å². The second-order valence-electron chi connectivity index (χ2n) is 4.22. The summed E-state index contributed by atoms with van der Waals surface area (Å²) in [5.74, 6) is 1.55. The largest absolute Gasteiger partial charge is 0.508 e. The third-order valence-corrected chi connectivity index (χ3v) is 4.12. The van der Waals surface area contributed by atoms with Crippen LogP contribution in [0.2, 0.25) is 0 Å². The minimum atomic E-state index is 0.370. The van der Waals surface area contributed by atoms with Crippen LogP contribution in [-0.2, 0) is 0 Å². The summed E-state index contributed by atoms with van der Waals surface area (Å²) in [4.78, 5) is 0. The van der Waals surface area contributed by atoms with E-state index in [1.54, 1.807) is 6.07 Å². The molecule has 0 bridgehead atoms. The van der Waals surface area contributed by atoms with Gasteiger partial charge in [0.25, 0.3) is 0 Å². The van der Waals surface area contributed by atoms with Gasteiger partial charge in [-0.25, -0.2) is 0 Å². The van der Waals surface area contributed by atoms with E-state index < -0.39 is 0 Å². The molecule has 1 aliphatic rings. The average Bonchev–Trinajstić information content (AvgIpc) is 2.58. The number of aromatic hydroxyl groups is 1. The van der Waals surface area contributed by atoms with Crippen molar-refractivity contribution in [3.63, 3.8) is 0 Å². The van der Waals surface area contributed by atoms with Crippen LogP contribution in [0.15, 0.2) is 18.2 Å². The Morgan fingerprint density at radius 2 is 2.27 bits per heavy atom. The Labute approximate surface area is 95.1 Å². The minimum Gasteiger partial charge on any atom is -0.508 e. The maximum Gasteiger partial charge on any atom is 0.118 e. The summed E-state index contributed by atoms with van der Waals surface area (Å²) in [7, 11) is 0. The van der Waals surface area contributed by atoms with Crippen LogP contribution in [0.3, 0.4) is 0 Å². The molecule has 0 aliphatic carbocycles. The van der Waals surface area contributed by atoms with Crippen molar-refractivity contribution in [2.24, 2.45) is 0 Å². The first-order valence-corrected chi connectivity index (χ1v) is 6.38. The monoisotopic (exact) mass is 223 g/mol. The number of aryl methyl sites for hydroxylation is 1. The molecule has 2 atom stereocenters. The molecule has 0 saturated carbocycles. The zero-order valence-corrected chi connectivity index (χ0v) is 9.97. The van der Waals surface area contributed by atoms with Gasteiger partial charge in [0.05, 0.1) is 0 Å². The summed E-state index contributed by atoms with van der Waals surface area (Å²) in [6, 6.07) is 6.27. The number of nitrogens with one attached hydrogen (secondary N) is 1. The molecule has 0 radical (unpaired) electrons. The van der Waals surface area contributed by atoms with Gasteiger partial charge in [0.1, 0.15) is 5.75 Å². The summed E-state index contributed by atoms with van der Waals surface area (Å²) >= 11 is 2.02. The van der Waals surface area contributed by atoms with E-state index >= 15 is 0 Å². The molecule has 0 amide bonds. The number of hydrogen-bond acceptors (Lipinski definition) is 3. The summed E-state index contributed by atoms with van der Waals surface area (Å²) in [5.41, 5.74) is 2.05. The van der Waals surface area contributed by atoms with Gasteiger partial charge in [0, 0.05) is 22.7 Å². The summed E-state index contributed by atoms with van der Waals surface area (Å²) < 4.78 is 0. The van der Waals surface area contributed by atoms with Crippen LogP contribution < -0.4 is 5.32 Å². The van der Waals surface area contributed by atoms with Crippen LogP contribution in [0.5, 0.6) is 5.75 Å². The van der Waals surface area contributed by atoms with Crippen LogP contribution in [0.4, 0.5) is 5.69 Å². The van der Waals surface area contributed by atoms with Gasteiger partial charge >= 0.3 is 0 Å². The molecule has 82 valence electrons. The van der Waals surface area contributed by atoms with Crippen LogP contribution in [0.25, 0.3) is 0 Å². The van der Waals surface area contributed by atoms with Gasteiger partial charge in [0.15, 0.2) is 0 Å². The Balaban J connectivity index is 2.02. The van der Waals surface area contributed by atoms with Gasteiger partial charge < -0.3 is 10.4 Å². The molecule has 2 nitrogen and oxygen atoms in total. The molecule has 1 aromatic rings. The molecule has 1 aromatic carbocycles. The Bertz CT molecular complexity index is 353. The lowest BCUT2D eigenvalue weighted by Gasteiger charge is -2.14. The van der Waals surface area contributed by atoms with Gasteiger partial charge in [-0.2, -0.15) is 11.8 Å². The van der Waals surface area contributed by atoms with Crippen molar-refractivity contribution >= 4 is 17.4 Å². The smallest absolute Gasteiger partial charge is 0.118 e. The highest BCUT2D eigenvalue weighted by molar-refractivity contribution is 8.00. The zero-order valence-electron chi connectivity index (χ0n) is 9.16. The molecule has 2 N–H and O–H groups in total. The first-order chi connectivity index (χ1) is 7.15. The molecule has 0 aromatic heterocycles. The number of thioether (sulfide) groups is 1. The van der Waals surface area contributed by atoms with Crippen molar-refractivity contribution in [3.05, 3.63) is 23.8 Å². The minimum absolute atomic E-state index is 0.370. The normalized spacial score (nSPS) is 25.5. The molecule has 1 saturated heterocycles. The number of hydrogen-bond donors (Lipinski definition) is 2. The Morgan fingerprint density at radius 1 is 1.47 bits per heavy atom. The molecular formula is C12H17NOS. The fourth-order valence-corrected chi connectivity index (χ4v) is 3.05. The van der Waals surface area contributed by atoms with E-state index in [1.807, 2.05) is 30.8 Å². The molecule has 1 aliphatic heterocycles. The van der Waals surface area contributed by atoms with Crippen molar-refractivity contribution in [1.29, 1.82) is 0 Å².